The standard InChI is InChI=1S/C17H22N2O4S/c20-14(10-17(16(22)23)5-1-6-17)19-7-2-13(3-8-19)18-15(21)12-4-9-24-11-12/h4,9,11,13H,1-3,5-8,10H2,(H,18,21)(H,22,23). The highest BCUT2D eigenvalue weighted by molar-refractivity contribution is 7.08. The molecule has 0 atom stereocenters. The Morgan fingerprint density at radius 2 is 2.00 bits per heavy atom. The van der Waals surface area contributed by atoms with Crippen molar-refractivity contribution in [1.29, 1.82) is 0 Å². The number of carboxylic acid groups (broad SMARTS) is 1. The molecule has 1 saturated heterocycles. The monoisotopic (exact) mass is 350 g/mol. The zero-order valence-electron chi connectivity index (χ0n) is 13.5. The number of nitrogens with one attached hydrogen (secondary N) is 1. The Hall–Kier alpha value is -1.89. The van der Waals surface area contributed by atoms with Crippen LogP contribution in [0.4, 0.5) is 0 Å². The molecule has 2 amide bonds. The third kappa shape index (κ3) is 3.45. The first-order valence-electron chi connectivity index (χ1n) is 8.34. The van der Waals surface area contributed by atoms with E-state index in [0.717, 1.165) is 6.42 Å². The summed E-state index contributed by atoms with van der Waals surface area (Å²) in [4.78, 5) is 37.6. The molecule has 1 aliphatic carbocycles. The fourth-order valence-electron chi connectivity index (χ4n) is 3.41. The van der Waals surface area contributed by atoms with E-state index in [1.807, 2.05) is 10.8 Å². The number of aliphatic carboxylic acids is 1. The van der Waals surface area contributed by atoms with Gasteiger partial charge in [0, 0.05) is 36.5 Å². The van der Waals surface area contributed by atoms with Crippen molar-refractivity contribution < 1.29 is 19.5 Å². The number of piperidine rings is 1. The molecule has 2 heterocycles. The fraction of sp³-hybridized carbons (Fsp3) is 0.588. The van der Waals surface area contributed by atoms with E-state index in [-0.39, 0.29) is 24.3 Å². The molecular weight excluding hydrogens is 328 g/mol. The van der Waals surface area contributed by atoms with Gasteiger partial charge < -0.3 is 15.3 Å². The van der Waals surface area contributed by atoms with Crippen LogP contribution >= 0.6 is 11.3 Å². The van der Waals surface area contributed by atoms with Gasteiger partial charge in [-0.2, -0.15) is 11.3 Å². The minimum absolute atomic E-state index is 0.0681. The average molecular weight is 350 g/mol. The molecule has 2 fully saturated rings. The lowest BCUT2D eigenvalue weighted by Crippen LogP contribution is -2.49. The van der Waals surface area contributed by atoms with Crippen LogP contribution in [0.2, 0.25) is 0 Å². The first-order valence-corrected chi connectivity index (χ1v) is 9.29. The van der Waals surface area contributed by atoms with Crippen molar-refractivity contribution in [2.45, 2.75) is 44.6 Å². The van der Waals surface area contributed by atoms with Gasteiger partial charge in [-0.25, -0.2) is 0 Å². The minimum atomic E-state index is -0.847. The van der Waals surface area contributed by atoms with Gasteiger partial charge in [0.2, 0.25) is 5.91 Å². The highest BCUT2D eigenvalue weighted by Crippen LogP contribution is 2.44. The number of hydrogen-bond acceptors (Lipinski definition) is 4. The topological polar surface area (TPSA) is 86.7 Å². The fourth-order valence-corrected chi connectivity index (χ4v) is 4.04. The molecule has 1 aromatic rings. The van der Waals surface area contributed by atoms with Gasteiger partial charge in [0.05, 0.1) is 5.41 Å². The number of carbonyl (C=O) groups excluding carboxylic acids is 2. The summed E-state index contributed by atoms with van der Waals surface area (Å²) < 4.78 is 0. The molecule has 2 N–H and O–H groups in total. The zero-order valence-corrected chi connectivity index (χ0v) is 14.3. The van der Waals surface area contributed by atoms with E-state index in [1.54, 1.807) is 11.0 Å². The normalized spacial score (nSPS) is 20.2. The molecule has 130 valence electrons. The minimum Gasteiger partial charge on any atom is -0.481 e. The number of likely N-dealkylation sites (tertiary alicyclic amines) is 1. The smallest absolute Gasteiger partial charge is 0.310 e. The van der Waals surface area contributed by atoms with Gasteiger partial charge in [0.1, 0.15) is 0 Å². The number of hydrogen-bond donors (Lipinski definition) is 2. The summed E-state index contributed by atoms with van der Waals surface area (Å²) >= 11 is 1.49. The van der Waals surface area contributed by atoms with Crippen molar-refractivity contribution in [3.63, 3.8) is 0 Å². The predicted octanol–water partition coefficient (Wildman–Crippen LogP) is 2.11. The summed E-state index contributed by atoms with van der Waals surface area (Å²) in [6.45, 7) is 1.15. The molecule has 24 heavy (non-hydrogen) atoms. The molecule has 0 unspecified atom stereocenters. The molecule has 0 aromatic carbocycles. The van der Waals surface area contributed by atoms with E-state index >= 15 is 0 Å². The summed E-state index contributed by atoms with van der Waals surface area (Å²) in [5.74, 6) is -0.986. The van der Waals surface area contributed by atoms with E-state index in [4.69, 9.17) is 0 Å². The molecule has 1 aromatic heterocycles. The predicted molar refractivity (Wildman–Crippen MR) is 89.9 cm³/mol. The molecule has 0 spiro atoms. The molecule has 7 heteroatoms. The van der Waals surface area contributed by atoms with Crippen LogP contribution in [0.15, 0.2) is 16.8 Å². The lowest BCUT2D eigenvalue weighted by Gasteiger charge is -2.39. The van der Waals surface area contributed by atoms with Gasteiger partial charge in [0.25, 0.3) is 5.91 Å². The van der Waals surface area contributed by atoms with Crippen molar-refractivity contribution in [1.82, 2.24) is 10.2 Å². The quantitative estimate of drug-likeness (QED) is 0.851. The lowest BCUT2D eigenvalue weighted by atomic mass is 9.66. The molecule has 1 aliphatic heterocycles. The van der Waals surface area contributed by atoms with Crippen LogP contribution in [0.3, 0.4) is 0 Å². The molecule has 6 nitrogen and oxygen atoms in total. The van der Waals surface area contributed by atoms with Crippen molar-refractivity contribution >= 4 is 29.1 Å². The first kappa shape index (κ1) is 17.0. The molecule has 1 saturated carbocycles. The summed E-state index contributed by atoms with van der Waals surface area (Å²) in [7, 11) is 0. The van der Waals surface area contributed by atoms with E-state index in [2.05, 4.69) is 5.32 Å². The Labute approximate surface area is 144 Å². The maximum atomic E-state index is 12.4. The maximum absolute atomic E-state index is 12.4. The van der Waals surface area contributed by atoms with Gasteiger partial charge in [-0.15, -0.1) is 0 Å². The Morgan fingerprint density at radius 1 is 1.29 bits per heavy atom. The van der Waals surface area contributed by atoms with Gasteiger partial charge in [-0.3, -0.25) is 14.4 Å². The summed E-state index contributed by atoms with van der Waals surface area (Å²) in [6.07, 6.45) is 3.61. The van der Waals surface area contributed by atoms with Crippen molar-refractivity contribution in [2.75, 3.05) is 13.1 Å². The third-order valence-corrected chi connectivity index (χ3v) is 5.90. The Balaban J connectivity index is 1.47. The summed E-state index contributed by atoms with van der Waals surface area (Å²) in [5.41, 5.74) is -0.159. The number of amides is 2. The van der Waals surface area contributed by atoms with Crippen LogP contribution in [0.25, 0.3) is 0 Å². The Kier molecular flexibility index (Phi) is 4.89. The second kappa shape index (κ2) is 6.93. The number of rotatable bonds is 5. The molecule has 0 radical (unpaired) electrons. The van der Waals surface area contributed by atoms with Crippen LogP contribution in [-0.2, 0) is 9.59 Å². The van der Waals surface area contributed by atoms with Crippen LogP contribution in [0, 0.1) is 5.41 Å². The number of carboxylic acids is 1. The maximum Gasteiger partial charge on any atom is 0.310 e. The molecule has 2 aliphatic rings. The van der Waals surface area contributed by atoms with Crippen LogP contribution in [0.1, 0.15) is 48.9 Å². The Bertz CT molecular complexity index is 617. The van der Waals surface area contributed by atoms with E-state index in [9.17, 15) is 19.5 Å². The van der Waals surface area contributed by atoms with E-state index < -0.39 is 11.4 Å². The highest BCUT2D eigenvalue weighted by Gasteiger charge is 2.46. The van der Waals surface area contributed by atoms with E-state index in [1.165, 1.54) is 11.3 Å². The van der Waals surface area contributed by atoms with Gasteiger partial charge in [-0.1, -0.05) is 6.42 Å². The van der Waals surface area contributed by atoms with Gasteiger partial charge in [0.15, 0.2) is 0 Å². The van der Waals surface area contributed by atoms with Crippen LogP contribution in [0.5, 0.6) is 0 Å². The summed E-state index contributed by atoms with van der Waals surface area (Å²) in [6, 6.07) is 1.86. The van der Waals surface area contributed by atoms with Crippen LogP contribution in [-0.4, -0.2) is 46.9 Å². The third-order valence-electron chi connectivity index (χ3n) is 5.22. The summed E-state index contributed by atoms with van der Waals surface area (Å²) in [5, 5.41) is 16.0. The molecular formula is C17H22N2O4S. The number of carbonyl (C=O) groups is 3. The highest BCUT2D eigenvalue weighted by atomic mass is 32.1. The van der Waals surface area contributed by atoms with Gasteiger partial charge >= 0.3 is 5.97 Å². The Morgan fingerprint density at radius 3 is 2.50 bits per heavy atom. The number of thiophene rings is 1. The van der Waals surface area contributed by atoms with Crippen molar-refractivity contribution in [3.05, 3.63) is 22.4 Å². The average Bonchev–Trinajstić information content (AvgIpc) is 3.05. The molecule has 3 rings (SSSR count). The second-order valence-electron chi connectivity index (χ2n) is 6.76. The van der Waals surface area contributed by atoms with Crippen molar-refractivity contribution in [3.8, 4) is 0 Å². The second-order valence-corrected chi connectivity index (χ2v) is 7.54. The SMILES string of the molecule is O=C(NC1CCN(C(=O)CC2(C(=O)O)CCC2)CC1)c1ccsc1. The number of nitrogens with zero attached hydrogens (tertiary/aromatic N) is 1. The molecule has 0 bridgehead atoms. The van der Waals surface area contributed by atoms with E-state index in [0.29, 0.717) is 44.3 Å². The first-order chi connectivity index (χ1) is 11.5. The lowest BCUT2D eigenvalue weighted by molar-refractivity contribution is -0.159. The zero-order chi connectivity index (χ0) is 17.2. The largest absolute Gasteiger partial charge is 0.481 e. The van der Waals surface area contributed by atoms with Crippen LogP contribution < -0.4 is 5.32 Å². The van der Waals surface area contributed by atoms with Gasteiger partial charge in [-0.05, 0) is 37.1 Å². The van der Waals surface area contributed by atoms with Crippen molar-refractivity contribution in [2.24, 2.45) is 5.41 Å².